The quantitative estimate of drug-likeness (QED) is 0.855. The minimum absolute atomic E-state index is 0.0364. The number of hydrogen-bond acceptors (Lipinski definition) is 6. The van der Waals surface area contributed by atoms with Crippen LogP contribution in [0, 0.1) is 0 Å². The zero-order valence-electron chi connectivity index (χ0n) is 10.3. The average molecular weight is 245 g/mol. The molecule has 6 nitrogen and oxygen atoms in total. The predicted octanol–water partition coefficient (Wildman–Crippen LogP) is 1.17. The summed E-state index contributed by atoms with van der Waals surface area (Å²) in [6.45, 7) is 4.13. The molecule has 2 aromatic rings. The fourth-order valence-corrected chi connectivity index (χ4v) is 2.17. The molecule has 0 atom stereocenters. The molecule has 0 bridgehead atoms. The van der Waals surface area contributed by atoms with Gasteiger partial charge in [0.15, 0.2) is 0 Å². The molecule has 0 spiro atoms. The van der Waals surface area contributed by atoms with E-state index in [1.165, 1.54) is 0 Å². The Balaban J connectivity index is 1.89. The van der Waals surface area contributed by atoms with E-state index >= 15 is 0 Å². The molecule has 0 saturated carbocycles. The van der Waals surface area contributed by atoms with E-state index in [0.717, 1.165) is 25.9 Å². The van der Waals surface area contributed by atoms with Gasteiger partial charge in [-0.25, -0.2) is 9.97 Å². The van der Waals surface area contributed by atoms with Crippen LogP contribution in [-0.4, -0.2) is 33.2 Å². The average Bonchev–Trinajstić information content (AvgIpc) is 2.91. The van der Waals surface area contributed by atoms with E-state index in [1.807, 2.05) is 0 Å². The fourth-order valence-electron chi connectivity index (χ4n) is 2.17. The smallest absolute Gasteiger partial charge is 0.240 e. The first-order chi connectivity index (χ1) is 8.78. The molecule has 2 aromatic heterocycles. The molecule has 1 N–H and O–H groups in total. The minimum Gasteiger partial charge on any atom is -0.338 e. The Kier molecular flexibility index (Phi) is 2.79. The predicted molar refractivity (Wildman–Crippen MR) is 64.8 cm³/mol. The van der Waals surface area contributed by atoms with Crippen LogP contribution < -0.4 is 5.32 Å². The van der Waals surface area contributed by atoms with Crippen molar-refractivity contribution in [2.45, 2.75) is 25.2 Å². The zero-order chi connectivity index (χ0) is 12.4. The Hall–Kier alpha value is -1.82. The van der Waals surface area contributed by atoms with Crippen LogP contribution in [0.5, 0.6) is 0 Å². The lowest BCUT2D eigenvalue weighted by Gasteiger charge is -2.30. The first kappa shape index (κ1) is 11.3. The summed E-state index contributed by atoms with van der Waals surface area (Å²) < 4.78 is 5.39. The molecule has 0 amide bonds. The van der Waals surface area contributed by atoms with Gasteiger partial charge in [0.2, 0.25) is 17.5 Å². The first-order valence-corrected chi connectivity index (χ1v) is 6.10. The molecular formula is C12H15N5O. The molecule has 94 valence electrons. The maximum absolute atomic E-state index is 5.39. The second-order valence-electron chi connectivity index (χ2n) is 4.81. The molecule has 0 aliphatic carbocycles. The summed E-state index contributed by atoms with van der Waals surface area (Å²) in [4.78, 5) is 12.7. The molecular weight excluding hydrogens is 230 g/mol. The first-order valence-electron chi connectivity index (χ1n) is 6.10. The molecule has 3 rings (SSSR count). The summed E-state index contributed by atoms with van der Waals surface area (Å²) in [6.07, 6.45) is 5.35. The van der Waals surface area contributed by atoms with Crippen molar-refractivity contribution in [2.24, 2.45) is 0 Å². The molecule has 1 aliphatic rings. The summed E-state index contributed by atoms with van der Waals surface area (Å²) in [7, 11) is 0. The van der Waals surface area contributed by atoms with Crippen LogP contribution in [0.3, 0.4) is 0 Å². The Morgan fingerprint density at radius 2 is 1.89 bits per heavy atom. The number of nitrogens with zero attached hydrogens (tertiary/aromatic N) is 4. The molecule has 1 fully saturated rings. The molecule has 0 unspecified atom stereocenters. The van der Waals surface area contributed by atoms with Crippen molar-refractivity contribution >= 4 is 0 Å². The zero-order valence-corrected chi connectivity index (χ0v) is 10.3. The van der Waals surface area contributed by atoms with Gasteiger partial charge in [-0.05, 0) is 32.0 Å². The van der Waals surface area contributed by atoms with Crippen molar-refractivity contribution < 1.29 is 4.52 Å². The van der Waals surface area contributed by atoms with Gasteiger partial charge in [-0.15, -0.1) is 0 Å². The highest BCUT2D eigenvalue weighted by Crippen LogP contribution is 2.32. The van der Waals surface area contributed by atoms with E-state index in [0.29, 0.717) is 17.5 Å². The largest absolute Gasteiger partial charge is 0.338 e. The molecule has 3 heterocycles. The van der Waals surface area contributed by atoms with Crippen molar-refractivity contribution in [3.05, 3.63) is 24.4 Å². The highest BCUT2D eigenvalue weighted by Gasteiger charge is 2.34. The standard InChI is InChI=1S/C12H15N5O/c1-12(3-7-13-8-4-12)11-16-10(17-18-11)9-14-5-2-6-15-9/h2,5-6,13H,3-4,7-8H2,1H3. The van der Waals surface area contributed by atoms with Gasteiger partial charge in [-0.2, -0.15) is 4.98 Å². The van der Waals surface area contributed by atoms with Gasteiger partial charge >= 0.3 is 0 Å². The number of piperidine rings is 1. The maximum atomic E-state index is 5.39. The highest BCUT2D eigenvalue weighted by atomic mass is 16.5. The van der Waals surface area contributed by atoms with E-state index in [1.54, 1.807) is 18.5 Å². The number of aromatic nitrogens is 4. The minimum atomic E-state index is -0.0364. The summed E-state index contributed by atoms with van der Waals surface area (Å²) in [6, 6.07) is 1.76. The normalized spacial score (nSPS) is 18.7. The summed E-state index contributed by atoms with van der Waals surface area (Å²) in [5.74, 6) is 1.65. The van der Waals surface area contributed by atoms with Gasteiger partial charge in [0.25, 0.3) is 0 Å². The molecule has 18 heavy (non-hydrogen) atoms. The van der Waals surface area contributed by atoms with Gasteiger partial charge in [-0.3, -0.25) is 0 Å². The molecule has 0 radical (unpaired) electrons. The number of nitrogens with one attached hydrogen (secondary N) is 1. The van der Waals surface area contributed by atoms with E-state index in [-0.39, 0.29) is 5.41 Å². The van der Waals surface area contributed by atoms with Crippen LogP contribution in [0.15, 0.2) is 23.0 Å². The Morgan fingerprint density at radius 3 is 2.61 bits per heavy atom. The highest BCUT2D eigenvalue weighted by molar-refractivity contribution is 5.40. The second kappa shape index (κ2) is 4.45. The monoisotopic (exact) mass is 245 g/mol. The lowest BCUT2D eigenvalue weighted by molar-refractivity contribution is 0.241. The van der Waals surface area contributed by atoms with Gasteiger partial charge in [0.05, 0.1) is 0 Å². The van der Waals surface area contributed by atoms with Crippen LogP contribution in [0.25, 0.3) is 11.6 Å². The van der Waals surface area contributed by atoms with Crippen LogP contribution in [0.2, 0.25) is 0 Å². The maximum Gasteiger partial charge on any atom is 0.240 e. The third-order valence-corrected chi connectivity index (χ3v) is 3.42. The Labute approximate surface area is 105 Å². The second-order valence-corrected chi connectivity index (χ2v) is 4.81. The van der Waals surface area contributed by atoms with Gasteiger partial charge in [-0.1, -0.05) is 12.1 Å². The van der Waals surface area contributed by atoms with E-state index in [9.17, 15) is 0 Å². The van der Waals surface area contributed by atoms with Crippen LogP contribution in [-0.2, 0) is 5.41 Å². The third kappa shape index (κ3) is 1.99. The van der Waals surface area contributed by atoms with Gasteiger partial charge in [0, 0.05) is 17.8 Å². The van der Waals surface area contributed by atoms with Gasteiger partial charge in [0.1, 0.15) is 0 Å². The fraction of sp³-hybridized carbons (Fsp3) is 0.500. The summed E-state index contributed by atoms with van der Waals surface area (Å²) in [5, 5.41) is 7.31. The third-order valence-electron chi connectivity index (χ3n) is 3.42. The van der Waals surface area contributed by atoms with Crippen molar-refractivity contribution in [3.63, 3.8) is 0 Å². The number of hydrogen-bond donors (Lipinski definition) is 1. The van der Waals surface area contributed by atoms with Crippen molar-refractivity contribution in [2.75, 3.05) is 13.1 Å². The Morgan fingerprint density at radius 1 is 1.17 bits per heavy atom. The SMILES string of the molecule is CC1(c2nc(-c3ncccn3)no2)CCNCC1. The van der Waals surface area contributed by atoms with Crippen LogP contribution >= 0.6 is 0 Å². The summed E-state index contributed by atoms with van der Waals surface area (Å²) >= 11 is 0. The lowest BCUT2D eigenvalue weighted by atomic mass is 9.81. The molecule has 6 heteroatoms. The Bertz CT molecular complexity index is 518. The van der Waals surface area contributed by atoms with E-state index in [2.05, 4.69) is 32.3 Å². The number of rotatable bonds is 2. The van der Waals surface area contributed by atoms with Crippen molar-refractivity contribution in [1.29, 1.82) is 0 Å². The van der Waals surface area contributed by atoms with E-state index < -0.39 is 0 Å². The van der Waals surface area contributed by atoms with Crippen LogP contribution in [0.1, 0.15) is 25.7 Å². The van der Waals surface area contributed by atoms with Crippen LogP contribution in [0.4, 0.5) is 0 Å². The van der Waals surface area contributed by atoms with Crippen molar-refractivity contribution in [1.82, 2.24) is 25.4 Å². The topological polar surface area (TPSA) is 76.7 Å². The van der Waals surface area contributed by atoms with Gasteiger partial charge < -0.3 is 9.84 Å². The van der Waals surface area contributed by atoms with E-state index in [4.69, 9.17) is 4.52 Å². The van der Waals surface area contributed by atoms with Crippen molar-refractivity contribution in [3.8, 4) is 11.6 Å². The lowest BCUT2D eigenvalue weighted by Crippen LogP contribution is -2.37. The summed E-state index contributed by atoms with van der Waals surface area (Å²) in [5.41, 5.74) is -0.0364. The molecule has 0 aromatic carbocycles. The molecule has 1 aliphatic heterocycles. The molecule has 1 saturated heterocycles.